The number of hydrogen-bond acceptors (Lipinski definition) is 8. The fourth-order valence-corrected chi connectivity index (χ4v) is 4.47. The third kappa shape index (κ3) is 6.28. The monoisotopic (exact) mass is 552 g/mol. The van der Waals surface area contributed by atoms with Gasteiger partial charge in [0.2, 0.25) is 0 Å². The second kappa shape index (κ2) is 11.7. The SMILES string of the molecule is CCOC(=O)C1=C(CN[C@@H](CC(C)C)C(=O)O)NC(c2nccs2)=NC1c1ccc(Br)cc1F. The molecule has 182 valence electrons. The molecule has 0 aliphatic carbocycles. The van der Waals surface area contributed by atoms with Crippen molar-refractivity contribution in [2.45, 2.75) is 39.3 Å². The highest BCUT2D eigenvalue weighted by atomic mass is 79.9. The first-order chi connectivity index (χ1) is 16.2. The second-order valence-electron chi connectivity index (χ2n) is 8.02. The molecule has 1 aliphatic rings. The molecule has 1 aliphatic heterocycles. The van der Waals surface area contributed by atoms with Gasteiger partial charge >= 0.3 is 11.9 Å². The molecule has 0 bridgehead atoms. The third-order valence-corrected chi connectivity index (χ3v) is 6.32. The minimum Gasteiger partial charge on any atom is -0.480 e. The van der Waals surface area contributed by atoms with Crippen molar-refractivity contribution in [1.82, 2.24) is 15.6 Å². The summed E-state index contributed by atoms with van der Waals surface area (Å²) in [6.07, 6.45) is 2.01. The summed E-state index contributed by atoms with van der Waals surface area (Å²) in [5.74, 6) is -1.68. The predicted octanol–water partition coefficient (Wildman–Crippen LogP) is 4.04. The van der Waals surface area contributed by atoms with Crippen LogP contribution in [0, 0.1) is 11.7 Å². The van der Waals surface area contributed by atoms with E-state index in [2.05, 4.69) is 36.5 Å². The molecule has 2 aromatic rings. The summed E-state index contributed by atoms with van der Waals surface area (Å²) < 4.78 is 20.8. The van der Waals surface area contributed by atoms with Gasteiger partial charge in [-0.1, -0.05) is 35.8 Å². The van der Waals surface area contributed by atoms with Gasteiger partial charge in [0, 0.05) is 33.9 Å². The Hall–Kier alpha value is -2.63. The molecule has 0 saturated heterocycles. The number of carbonyl (C=O) groups excluding carboxylic acids is 1. The van der Waals surface area contributed by atoms with Gasteiger partial charge in [0.25, 0.3) is 0 Å². The van der Waals surface area contributed by atoms with Crippen molar-refractivity contribution >= 4 is 45.0 Å². The lowest BCUT2D eigenvalue weighted by atomic mass is 9.94. The molecule has 0 amide bonds. The van der Waals surface area contributed by atoms with Crippen LogP contribution in [0.4, 0.5) is 4.39 Å². The molecule has 1 aromatic carbocycles. The molecule has 0 fully saturated rings. The highest BCUT2D eigenvalue weighted by Crippen LogP contribution is 2.35. The summed E-state index contributed by atoms with van der Waals surface area (Å²) in [6.45, 7) is 5.66. The van der Waals surface area contributed by atoms with E-state index in [1.54, 1.807) is 30.6 Å². The number of thiazole rings is 1. The molecule has 8 nitrogen and oxygen atoms in total. The average molecular weight is 553 g/mol. The molecule has 34 heavy (non-hydrogen) atoms. The fourth-order valence-electron chi connectivity index (χ4n) is 3.55. The Labute approximate surface area is 209 Å². The maximum absolute atomic E-state index is 15.0. The molecule has 3 rings (SSSR count). The van der Waals surface area contributed by atoms with Crippen molar-refractivity contribution in [3.8, 4) is 0 Å². The Bertz CT molecular complexity index is 1100. The van der Waals surface area contributed by atoms with Crippen LogP contribution in [-0.2, 0) is 14.3 Å². The fraction of sp³-hybridized carbons (Fsp3) is 0.391. The molecule has 3 N–H and O–H groups in total. The second-order valence-corrected chi connectivity index (χ2v) is 9.83. The highest BCUT2D eigenvalue weighted by molar-refractivity contribution is 9.10. The van der Waals surface area contributed by atoms with Crippen molar-refractivity contribution in [2.75, 3.05) is 13.2 Å². The van der Waals surface area contributed by atoms with Crippen molar-refractivity contribution in [3.63, 3.8) is 0 Å². The number of aliphatic carboxylic acids is 1. The summed E-state index contributed by atoms with van der Waals surface area (Å²) in [5.41, 5.74) is 0.668. The van der Waals surface area contributed by atoms with E-state index >= 15 is 4.39 Å². The van der Waals surface area contributed by atoms with Crippen LogP contribution in [0.25, 0.3) is 0 Å². The van der Waals surface area contributed by atoms with Gasteiger partial charge in [0.1, 0.15) is 17.9 Å². The number of carboxylic acids is 1. The lowest BCUT2D eigenvalue weighted by Gasteiger charge is -2.28. The number of nitrogens with zero attached hydrogens (tertiary/aromatic N) is 2. The lowest BCUT2D eigenvalue weighted by Crippen LogP contribution is -2.43. The van der Waals surface area contributed by atoms with Gasteiger partial charge in [0.15, 0.2) is 10.8 Å². The molecule has 11 heteroatoms. The summed E-state index contributed by atoms with van der Waals surface area (Å²) in [4.78, 5) is 33.7. The third-order valence-electron chi connectivity index (χ3n) is 5.04. The van der Waals surface area contributed by atoms with Crippen LogP contribution in [-0.4, -0.2) is 47.1 Å². The number of carbonyl (C=O) groups is 2. The molecule has 2 heterocycles. The number of rotatable bonds is 10. The lowest BCUT2D eigenvalue weighted by molar-refractivity contribution is -0.140. The van der Waals surface area contributed by atoms with Crippen LogP contribution >= 0.6 is 27.3 Å². The number of nitrogens with one attached hydrogen (secondary N) is 2. The molecule has 2 atom stereocenters. The average Bonchev–Trinajstić information content (AvgIpc) is 3.31. The maximum atomic E-state index is 15.0. The van der Waals surface area contributed by atoms with Crippen molar-refractivity contribution < 1.29 is 23.8 Å². The van der Waals surface area contributed by atoms with Gasteiger partial charge < -0.3 is 15.2 Å². The van der Waals surface area contributed by atoms with E-state index in [0.717, 1.165) is 0 Å². The van der Waals surface area contributed by atoms with E-state index < -0.39 is 29.8 Å². The topological polar surface area (TPSA) is 113 Å². The quantitative estimate of drug-likeness (QED) is 0.381. The number of aromatic nitrogens is 1. The zero-order chi connectivity index (χ0) is 24.8. The largest absolute Gasteiger partial charge is 0.480 e. The summed E-state index contributed by atoms with van der Waals surface area (Å²) in [5, 5.41) is 18.1. The van der Waals surface area contributed by atoms with E-state index in [9.17, 15) is 14.7 Å². The van der Waals surface area contributed by atoms with E-state index in [-0.39, 0.29) is 30.2 Å². The number of ether oxygens (including phenoxy) is 1. The molecule has 0 saturated carbocycles. The van der Waals surface area contributed by atoms with Gasteiger partial charge in [0.05, 0.1) is 12.2 Å². The molecular formula is C23H26BrFN4O4S. The van der Waals surface area contributed by atoms with Gasteiger partial charge in [-0.2, -0.15) is 0 Å². The molecular weight excluding hydrogens is 527 g/mol. The first-order valence-corrected chi connectivity index (χ1v) is 12.4. The van der Waals surface area contributed by atoms with Gasteiger partial charge in [-0.15, -0.1) is 11.3 Å². The predicted molar refractivity (Wildman–Crippen MR) is 131 cm³/mol. The van der Waals surface area contributed by atoms with E-state index in [4.69, 9.17) is 4.74 Å². The zero-order valence-corrected chi connectivity index (χ0v) is 21.4. The first-order valence-electron chi connectivity index (χ1n) is 10.8. The Balaban J connectivity index is 2.09. The van der Waals surface area contributed by atoms with E-state index in [1.165, 1.54) is 17.4 Å². The van der Waals surface area contributed by atoms with E-state index in [1.807, 2.05) is 13.8 Å². The summed E-state index contributed by atoms with van der Waals surface area (Å²) in [6, 6.07) is 2.70. The van der Waals surface area contributed by atoms with Crippen LogP contribution in [0.2, 0.25) is 0 Å². The minimum atomic E-state index is -1.00. The molecule has 1 unspecified atom stereocenters. The van der Waals surface area contributed by atoms with Gasteiger partial charge in [-0.3, -0.25) is 15.1 Å². The number of aliphatic imine (C=N–C) groups is 1. The van der Waals surface area contributed by atoms with Crippen molar-refractivity contribution in [2.24, 2.45) is 10.9 Å². The molecule has 0 radical (unpaired) electrons. The van der Waals surface area contributed by atoms with Crippen LogP contribution in [0.3, 0.4) is 0 Å². The Kier molecular flexibility index (Phi) is 8.92. The number of halogens is 2. The summed E-state index contributed by atoms with van der Waals surface area (Å²) in [7, 11) is 0. The van der Waals surface area contributed by atoms with Gasteiger partial charge in [-0.05, 0) is 31.4 Å². The van der Waals surface area contributed by atoms with Crippen molar-refractivity contribution in [3.05, 3.63) is 61.9 Å². The molecule has 1 aromatic heterocycles. The first kappa shape index (κ1) is 26.0. The Morgan fingerprint density at radius 1 is 1.38 bits per heavy atom. The number of esters is 1. The number of carboxylic acid groups (broad SMARTS) is 1. The number of hydrogen-bond donors (Lipinski definition) is 3. The normalized spacial score (nSPS) is 16.8. The Morgan fingerprint density at radius 3 is 2.74 bits per heavy atom. The minimum absolute atomic E-state index is 0.0108. The van der Waals surface area contributed by atoms with Crippen LogP contribution in [0.15, 0.2) is 50.5 Å². The Morgan fingerprint density at radius 2 is 2.15 bits per heavy atom. The zero-order valence-electron chi connectivity index (χ0n) is 19.0. The number of benzene rings is 1. The molecule has 0 spiro atoms. The van der Waals surface area contributed by atoms with Crippen LogP contribution in [0.1, 0.15) is 43.8 Å². The van der Waals surface area contributed by atoms with E-state index in [0.29, 0.717) is 27.4 Å². The number of amidine groups is 1. The van der Waals surface area contributed by atoms with Crippen LogP contribution < -0.4 is 10.6 Å². The maximum Gasteiger partial charge on any atom is 0.338 e. The summed E-state index contributed by atoms with van der Waals surface area (Å²) >= 11 is 4.59. The van der Waals surface area contributed by atoms with Gasteiger partial charge in [-0.25, -0.2) is 14.2 Å². The standard InChI is InChI=1S/C23H26BrFN4O4S/c1-4-33-23(32)18-17(11-27-16(22(30)31)9-12(2)3)28-20(21-26-7-8-34-21)29-19(18)14-6-5-13(24)10-15(14)25/h5-8,10,12,16,19,27H,4,9,11H2,1-3H3,(H,28,29)(H,30,31)/t16-,19?/m0/s1. The highest BCUT2D eigenvalue weighted by Gasteiger charge is 2.34. The smallest absolute Gasteiger partial charge is 0.338 e. The van der Waals surface area contributed by atoms with Crippen LogP contribution in [0.5, 0.6) is 0 Å². The van der Waals surface area contributed by atoms with Crippen molar-refractivity contribution in [1.29, 1.82) is 0 Å².